The minimum atomic E-state index is 0.504. The van der Waals surface area contributed by atoms with Crippen molar-refractivity contribution in [1.82, 2.24) is 0 Å². The largest absolute Gasteiger partial charge is 0.398 e. The van der Waals surface area contributed by atoms with Crippen molar-refractivity contribution in [3.63, 3.8) is 0 Å². The standard InChI is InChI=1S/C52H42N4/c53-49-31-13-12-30-48(49)51(55-36-37-17-3-1-4-18-37)43-25-16-24-41(35-43)45-27-9-11-29-47(45)46-28-10-8-26-44(46)40-23-15-19-38(33-40)34-42-22-7-14-32-50(42)56-52(54)39-20-5-2-6-21-39/h1-33,35H,34,36,53H2,(H2,54,56). The van der Waals surface area contributed by atoms with Gasteiger partial charge in [-0.05, 0) is 74.7 Å². The molecule has 8 aromatic carbocycles. The summed E-state index contributed by atoms with van der Waals surface area (Å²) >= 11 is 0. The van der Waals surface area contributed by atoms with Crippen molar-refractivity contribution in [2.75, 3.05) is 5.73 Å². The number of aliphatic imine (C=N–C) groups is 2. The maximum absolute atomic E-state index is 6.56. The second-order valence-corrected chi connectivity index (χ2v) is 13.8. The van der Waals surface area contributed by atoms with Gasteiger partial charge in [-0.25, -0.2) is 4.99 Å². The van der Waals surface area contributed by atoms with E-state index in [1.54, 1.807) is 0 Å². The summed E-state index contributed by atoms with van der Waals surface area (Å²) in [5.41, 5.74) is 28.7. The molecule has 0 unspecified atom stereocenters. The molecule has 0 heterocycles. The van der Waals surface area contributed by atoms with Gasteiger partial charge >= 0.3 is 0 Å². The predicted molar refractivity (Wildman–Crippen MR) is 235 cm³/mol. The Hall–Kier alpha value is -7.30. The van der Waals surface area contributed by atoms with Gasteiger partial charge in [-0.3, -0.25) is 4.99 Å². The molecule has 0 bridgehead atoms. The van der Waals surface area contributed by atoms with Crippen LogP contribution in [0.1, 0.15) is 33.4 Å². The van der Waals surface area contributed by atoms with Gasteiger partial charge in [0.2, 0.25) is 0 Å². The van der Waals surface area contributed by atoms with Gasteiger partial charge in [0.1, 0.15) is 5.84 Å². The van der Waals surface area contributed by atoms with Gasteiger partial charge in [0.15, 0.2) is 0 Å². The molecule has 0 spiro atoms. The number of amidine groups is 1. The average molecular weight is 723 g/mol. The molecular weight excluding hydrogens is 681 g/mol. The topological polar surface area (TPSA) is 76.8 Å². The molecule has 4 heteroatoms. The smallest absolute Gasteiger partial charge is 0.131 e. The van der Waals surface area contributed by atoms with Crippen LogP contribution in [0.2, 0.25) is 0 Å². The van der Waals surface area contributed by atoms with Crippen LogP contribution in [0.5, 0.6) is 0 Å². The maximum atomic E-state index is 6.56. The summed E-state index contributed by atoms with van der Waals surface area (Å²) in [7, 11) is 0. The molecule has 0 aliphatic rings. The van der Waals surface area contributed by atoms with Crippen LogP contribution < -0.4 is 11.5 Å². The van der Waals surface area contributed by atoms with Crippen molar-refractivity contribution >= 4 is 22.9 Å². The molecule has 0 radical (unpaired) electrons. The van der Waals surface area contributed by atoms with E-state index in [1.165, 1.54) is 11.1 Å². The lowest BCUT2D eigenvalue weighted by Gasteiger charge is -2.17. The molecule has 0 aliphatic heterocycles. The lowest BCUT2D eigenvalue weighted by atomic mass is 9.88. The van der Waals surface area contributed by atoms with E-state index in [1.807, 2.05) is 78.9 Å². The quantitative estimate of drug-likeness (QED) is 0.0792. The molecule has 0 aliphatic carbocycles. The van der Waals surface area contributed by atoms with Crippen molar-refractivity contribution < 1.29 is 0 Å². The van der Waals surface area contributed by atoms with Crippen molar-refractivity contribution in [1.29, 1.82) is 0 Å². The highest BCUT2D eigenvalue weighted by Gasteiger charge is 2.16. The first-order valence-electron chi connectivity index (χ1n) is 18.9. The minimum Gasteiger partial charge on any atom is -0.398 e. The van der Waals surface area contributed by atoms with Gasteiger partial charge in [-0.15, -0.1) is 0 Å². The third kappa shape index (κ3) is 8.10. The van der Waals surface area contributed by atoms with Crippen LogP contribution in [0.15, 0.2) is 216 Å². The van der Waals surface area contributed by atoms with Crippen molar-refractivity contribution in [3.8, 4) is 33.4 Å². The highest BCUT2D eigenvalue weighted by Crippen LogP contribution is 2.39. The number of para-hydroxylation sites is 2. The number of nitrogens with zero attached hydrogens (tertiary/aromatic N) is 2. The fraction of sp³-hybridized carbons (Fsp3) is 0.0385. The molecule has 4 nitrogen and oxygen atoms in total. The van der Waals surface area contributed by atoms with Gasteiger partial charge in [-0.2, -0.15) is 0 Å². The first-order chi connectivity index (χ1) is 27.6. The van der Waals surface area contributed by atoms with E-state index in [0.29, 0.717) is 18.1 Å². The van der Waals surface area contributed by atoms with Gasteiger partial charge in [-0.1, -0.05) is 188 Å². The van der Waals surface area contributed by atoms with Gasteiger partial charge < -0.3 is 11.5 Å². The fourth-order valence-electron chi connectivity index (χ4n) is 7.21. The lowest BCUT2D eigenvalue weighted by Crippen LogP contribution is -2.12. The Morgan fingerprint density at radius 1 is 0.446 bits per heavy atom. The number of anilines is 1. The molecule has 56 heavy (non-hydrogen) atoms. The first kappa shape index (κ1) is 35.7. The van der Waals surface area contributed by atoms with Gasteiger partial charge in [0, 0.05) is 22.4 Å². The predicted octanol–water partition coefficient (Wildman–Crippen LogP) is 11.9. The van der Waals surface area contributed by atoms with E-state index < -0.39 is 0 Å². The van der Waals surface area contributed by atoms with Crippen LogP contribution in [0.4, 0.5) is 11.4 Å². The Kier molecular flexibility index (Phi) is 10.7. The van der Waals surface area contributed by atoms with Crippen molar-refractivity contribution in [3.05, 3.63) is 240 Å². The number of hydrogen-bond donors (Lipinski definition) is 2. The fourth-order valence-corrected chi connectivity index (χ4v) is 7.21. The zero-order chi connectivity index (χ0) is 38.1. The van der Waals surface area contributed by atoms with Crippen LogP contribution in [0, 0.1) is 0 Å². The number of hydrogen-bond acceptors (Lipinski definition) is 3. The third-order valence-electron chi connectivity index (χ3n) is 10.0. The zero-order valence-electron chi connectivity index (χ0n) is 31.1. The molecule has 8 aromatic rings. The molecule has 4 N–H and O–H groups in total. The molecule has 0 fully saturated rings. The number of rotatable bonds is 11. The summed E-state index contributed by atoms with van der Waals surface area (Å²) in [4.78, 5) is 10.0. The summed E-state index contributed by atoms with van der Waals surface area (Å²) < 4.78 is 0. The van der Waals surface area contributed by atoms with E-state index in [4.69, 9.17) is 21.5 Å². The number of nitrogen functional groups attached to an aromatic ring is 1. The van der Waals surface area contributed by atoms with E-state index in [2.05, 4.69) is 127 Å². The second-order valence-electron chi connectivity index (χ2n) is 13.8. The first-order valence-corrected chi connectivity index (χ1v) is 18.9. The highest BCUT2D eigenvalue weighted by molar-refractivity contribution is 6.16. The van der Waals surface area contributed by atoms with Crippen molar-refractivity contribution in [2.45, 2.75) is 13.0 Å². The molecule has 0 atom stereocenters. The Bertz CT molecular complexity index is 2660. The molecule has 270 valence electrons. The summed E-state index contributed by atoms with van der Waals surface area (Å²) in [5.74, 6) is 0.504. The van der Waals surface area contributed by atoms with Crippen LogP contribution in [0.3, 0.4) is 0 Å². The normalized spacial score (nSPS) is 11.7. The Morgan fingerprint density at radius 3 is 1.70 bits per heavy atom. The Balaban J connectivity index is 1.14. The summed E-state index contributed by atoms with van der Waals surface area (Å²) in [6.07, 6.45) is 0.723. The van der Waals surface area contributed by atoms with E-state index >= 15 is 0 Å². The molecular formula is C52H42N4. The monoisotopic (exact) mass is 722 g/mol. The molecule has 0 amide bonds. The van der Waals surface area contributed by atoms with Crippen LogP contribution in [0.25, 0.3) is 33.4 Å². The highest BCUT2D eigenvalue weighted by atomic mass is 14.9. The summed E-state index contributed by atoms with van der Waals surface area (Å²) in [6.45, 7) is 0.554. The molecule has 0 saturated carbocycles. The molecule has 0 saturated heterocycles. The van der Waals surface area contributed by atoms with Crippen LogP contribution in [-0.4, -0.2) is 11.5 Å². The van der Waals surface area contributed by atoms with Gasteiger partial charge in [0.25, 0.3) is 0 Å². The van der Waals surface area contributed by atoms with Crippen LogP contribution in [-0.2, 0) is 13.0 Å². The Morgan fingerprint density at radius 2 is 0.982 bits per heavy atom. The third-order valence-corrected chi connectivity index (χ3v) is 10.0. The van der Waals surface area contributed by atoms with E-state index in [-0.39, 0.29) is 0 Å². The van der Waals surface area contributed by atoms with Gasteiger partial charge in [0.05, 0.1) is 17.9 Å². The second kappa shape index (κ2) is 16.8. The summed E-state index contributed by atoms with van der Waals surface area (Å²) in [6, 6.07) is 71.2. The molecule has 8 rings (SSSR count). The van der Waals surface area contributed by atoms with Crippen molar-refractivity contribution in [2.24, 2.45) is 15.7 Å². The van der Waals surface area contributed by atoms with E-state index in [0.717, 1.165) is 73.5 Å². The molecule has 0 aromatic heterocycles. The number of benzene rings is 8. The van der Waals surface area contributed by atoms with Crippen LogP contribution >= 0.6 is 0 Å². The lowest BCUT2D eigenvalue weighted by molar-refractivity contribution is 1.07. The maximum Gasteiger partial charge on any atom is 0.131 e. The zero-order valence-corrected chi connectivity index (χ0v) is 31.1. The van der Waals surface area contributed by atoms with E-state index in [9.17, 15) is 0 Å². The number of nitrogens with two attached hydrogens (primary N) is 2. The Labute approximate surface area is 329 Å². The average Bonchev–Trinajstić information content (AvgIpc) is 3.26. The minimum absolute atomic E-state index is 0.504. The SMILES string of the molecule is NC(=Nc1ccccc1Cc1cccc(-c2ccccc2-c2ccccc2-c2cccc(C(=NCc3ccccc3)c3ccccc3N)c2)c1)c1ccccc1. The summed E-state index contributed by atoms with van der Waals surface area (Å²) in [5, 5.41) is 0.